The van der Waals surface area contributed by atoms with Gasteiger partial charge >= 0.3 is 5.97 Å². The van der Waals surface area contributed by atoms with E-state index < -0.39 is 17.9 Å². The summed E-state index contributed by atoms with van der Waals surface area (Å²) in [7, 11) is 0. The number of fused-ring (bicyclic) bond motifs is 1. The topological polar surface area (TPSA) is 82.2 Å². The molecule has 0 aliphatic carbocycles. The lowest BCUT2D eigenvalue weighted by molar-refractivity contribution is -0.139. The number of carboxylic acid groups (broad SMARTS) is 1. The van der Waals surface area contributed by atoms with Crippen LogP contribution in [0.4, 0.5) is 0 Å². The summed E-state index contributed by atoms with van der Waals surface area (Å²) in [5.74, 6) is -1.66. The standard InChI is InChI=1S/C18H14Cl2N2O3/c19-12-5-10(6-13(20)8-12)17(23)22-16(18(24)25)7-11-9-21-15-4-2-1-3-14(11)15/h1-6,8-9,16,21H,7H2,(H,22,23)(H,24,25)/t16-/m0/s1. The number of carboxylic acids is 1. The van der Waals surface area contributed by atoms with Gasteiger partial charge in [-0.25, -0.2) is 4.79 Å². The molecule has 128 valence electrons. The first-order valence-electron chi connectivity index (χ1n) is 7.49. The van der Waals surface area contributed by atoms with Crippen LogP contribution in [0, 0.1) is 0 Å². The van der Waals surface area contributed by atoms with Gasteiger partial charge in [0.15, 0.2) is 0 Å². The number of H-pyrrole nitrogens is 1. The lowest BCUT2D eigenvalue weighted by Gasteiger charge is -2.14. The van der Waals surface area contributed by atoms with Crippen molar-refractivity contribution >= 4 is 46.0 Å². The van der Waals surface area contributed by atoms with Crippen molar-refractivity contribution in [2.24, 2.45) is 0 Å². The van der Waals surface area contributed by atoms with Gasteiger partial charge in [-0.3, -0.25) is 4.79 Å². The van der Waals surface area contributed by atoms with E-state index in [0.717, 1.165) is 16.5 Å². The van der Waals surface area contributed by atoms with E-state index in [2.05, 4.69) is 10.3 Å². The highest BCUT2D eigenvalue weighted by Crippen LogP contribution is 2.21. The van der Waals surface area contributed by atoms with E-state index in [0.29, 0.717) is 10.0 Å². The summed E-state index contributed by atoms with van der Waals surface area (Å²) in [5.41, 5.74) is 1.93. The Kier molecular flexibility index (Phi) is 4.97. The first-order chi connectivity index (χ1) is 11.9. The molecule has 3 N–H and O–H groups in total. The second kappa shape index (κ2) is 7.17. The fourth-order valence-corrected chi connectivity index (χ4v) is 3.17. The van der Waals surface area contributed by atoms with Gasteiger partial charge in [0.25, 0.3) is 5.91 Å². The lowest BCUT2D eigenvalue weighted by Crippen LogP contribution is -2.42. The van der Waals surface area contributed by atoms with Gasteiger partial charge in [0.05, 0.1) is 0 Å². The molecule has 0 saturated heterocycles. The Morgan fingerprint density at radius 3 is 2.48 bits per heavy atom. The molecule has 0 radical (unpaired) electrons. The van der Waals surface area contributed by atoms with E-state index in [1.807, 2.05) is 24.3 Å². The van der Waals surface area contributed by atoms with Crippen molar-refractivity contribution in [1.82, 2.24) is 10.3 Å². The quantitative estimate of drug-likeness (QED) is 0.631. The van der Waals surface area contributed by atoms with Crippen LogP contribution in [0.5, 0.6) is 0 Å². The number of hydrogen-bond acceptors (Lipinski definition) is 2. The molecule has 0 aliphatic rings. The number of aromatic amines is 1. The molecule has 3 rings (SSSR count). The third-order valence-corrected chi connectivity index (χ3v) is 4.26. The van der Waals surface area contributed by atoms with Crippen molar-refractivity contribution in [3.8, 4) is 0 Å². The number of carbonyl (C=O) groups excluding carboxylic acids is 1. The van der Waals surface area contributed by atoms with E-state index in [-0.39, 0.29) is 12.0 Å². The molecule has 0 bridgehead atoms. The van der Waals surface area contributed by atoms with Crippen LogP contribution in [0.15, 0.2) is 48.7 Å². The third-order valence-electron chi connectivity index (χ3n) is 3.83. The minimum atomic E-state index is -1.12. The van der Waals surface area contributed by atoms with Crippen molar-refractivity contribution in [3.63, 3.8) is 0 Å². The fraction of sp³-hybridized carbons (Fsp3) is 0.111. The summed E-state index contributed by atoms with van der Waals surface area (Å²) in [6, 6.07) is 10.9. The van der Waals surface area contributed by atoms with Crippen LogP contribution in [-0.4, -0.2) is 28.0 Å². The second-order valence-corrected chi connectivity index (χ2v) is 6.46. The zero-order valence-electron chi connectivity index (χ0n) is 12.9. The highest BCUT2D eigenvalue weighted by atomic mass is 35.5. The Morgan fingerprint density at radius 2 is 1.80 bits per heavy atom. The summed E-state index contributed by atoms with van der Waals surface area (Å²) < 4.78 is 0. The Labute approximate surface area is 153 Å². The Bertz CT molecular complexity index is 932. The maximum atomic E-state index is 12.4. The molecule has 25 heavy (non-hydrogen) atoms. The average molecular weight is 377 g/mol. The number of nitrogens with one attached hydrogen (secondary N) is 2. The van der Waals surface area contributed by atoms with E-state index in [4.69, 9.17) is 23.2 Å². The molecule has 7 heteroatoms. The zero-order chi connectivity index (χ0) is 18.0. The highest BCUT2D eigenvalue weighted by Gasteiger charge is 2.22. The van der Waals surface area contributed by atoms with Crippen LogP contribution in [0.3, 0.4) is 0 Å². The highest BCUT2D eigenvalue weighted by molar-refractivity contribution is 6.35. The van der Waals surface area contributed by atoms with Crippen LogP contribution in [0.1, 0.15) is 15.9 Å². The first kappa shape index (κ1) is 17.3. The molecule has 1 heterocycles. The molecule has 0 saturated carbocycles. The molecule has 0 unspecified atom stereocenters. The minimum Gasteiger partial charge on any atom is -0.480 e. The molecule has 0 spiro atoms. The number of benzene rings is 2. The van der Waals surface area contributed by atoms with Crippen LogP contribution in [0.25, 0.3) is 10.9 Å². The SMILES string of the molecule is O=C(N[C@@H](Cc1c[nH]c2ccccc12)C(=O)O)c1cc(Cl)cc(Cl)c1. The number of aromatic nitrogens is 1. The predicted molar refractivity (Wildman–Crippen MR) is 97.4 cm³/mol. The number of carbonyl (C=O) groups is 2. The van der Waals surface area contributed by atoms with Crippen molar-refractivity contribution in [3.05, 3.63) is 69.8 Å². The van der Waals surface area contributed by atoms with E-state index in [1.54, 1.807) is 6.20 Å². The smallest absolute Gasteiger partial charge is 0.326 e. The van der Waals surface area contributed by atoms with Gasteiger partial charge in [0, 0.05) is 39.1 Å². The molecule has 1 atom stereocenters. The second-order valence-electron chi connectivity index (χ2n) is 5.59. The summed E-state index contributed by atoms with van der Waals surface area (Å²) in [4.78, 5) is 27.0. The van der Waals surface area contributed by atoms with Crippen LogP contribution in [-0.2, 0) is 11.2 Å². The average Bonchev–Trinajstić information content (AvgIpc) is 2.96. The number of aliphatic carboxylic acids is 1. The number of para-hydroxylation sites is 1. The monoisotopic (exact) mass is 376 g/mol. The van der Waals surface area contributed by atoms with Gasteiger partial charge < -0.3 is 15.4 Å². The van der Waals surface area contributed by atoms with Crippen molar-refractivity contribution in [2.75, 3.05) is 0 Å². The molecule has 0 aliphatic heterocycles. The van der Waals surface area contributed by atoms with Gasteiger partial charge in [-0.05, 0) is 29.8 Å². The summed E-state index contributed by atoms with van der Waals surface area (Å²) in [5, 5.41) is 13.5. The molecule has 0 fully saturated rings. The number of amides is 1. The molecule has 1 aromatic heterocycles. The van der Waals surface area contributed by atoms with E-state index in [9.17, 15) is 14.7 Å². The van der Waals surface area contributed by atoms with E-state index >= 15 is 0 Å². The third kappa shape index (κ3) is 3.95. The Balaban J connectivity index is 1.82. The molecular formula is C18H14Cl2N2O3. The Hall–Kier alpha value is -2.50. The molecule has 1 amide bonds. The Morgan fingerprint density at radius 1 is 1.12 bits per heavy atom. The van der Waals surface area contributed by atoms with Gasteiger partial charge in [-0.2, -0.15) is 0 Å². The minimum absolute atomic E-state index is 0.152. The van der Waals surface area contributed by atoms with Crippen LogP contribution in [0.2, 0.25) is 10.0 Å². The van der Waals surface area contributed by atoms with E-state index in [1.165, 1.54) is 18.2 Å². The predicted octanol–water partition coefficient (Wildman–Crippen LogP) is 3.90. The van der Waals surface area contributed by atoms with Gasteiger partial charge in [-0.15, -0.1) is 0 Å². The van der Waals surface area contributed by atoms with Gasteiger partial charge in [-0.1, -0.05) is 41.4 Å². The molecule has 5 nitrogen and oxygen atoms in total. The normalized spacial score (nSPS) is 12.1. The molecular weight excluding hydrogens is 363 g/mol. The summed E-state index contributed by atoms with van der Waals surface area (Å²) >= 11 is 11.8. The van der Waals surface area contributed by atoms with Crippen molar-refractivity contribution < 1.29 is 14.7 Å². The van der Waals surface area contributed by atoms with Crippen LogP contribution < -0.4 is 5.32 Å². The number of halogens is 2. The van der Waals surface area contributed by atoms with Crippen molar-refractivity contribution in [1.29, 1.82) is 0 Å². The fourth-order valence-electron chi connectivity index (χ4n) is 2.65. The first-order valence-corrected chi connectivity index (χ1v) is 8.24. The maximum absolute atomic E-state index is 12.4. The number of rotatable bonds is 5. The van der Waals surface area contributed by atoms with Crippen molar-refractivity contribution in [2.45, 2.75) is 12.5 Å². The van der Waals surface area contributed by atoms with Crippen LogP contribution >= 0.6 is 23.2 Å². The zero-order valence-corrected chi connectivity index (χ0v) is 14.4. The molecule has 2 aromatic carbocycles. The number of hydrogen-bond donors (Lipinski definition) is 3. The lowest BCUT2D eigenvalue weighted by atomic mass is 10.0. The molecule has 3 aromatic rings. The summed E-state index contributed by atoms with van der Waals surface area (Å²) in [6.07, 6.45) is 1.91. The summed E-state index contributed by atoms with van der Waals surface area (Å²) in [6.45, 7) is 0. The van der Waals surface area contributed by atoms with Gasteiger partial charge in [0.2, 0.25) is 0 Å². The maximum Gasteiger partial charge on any atom is 0.326 e. The largest absolute Gasteiger partial charge is 0.480 e. The van der Waals surface area contributed by atoms with Gasteiger partial charge in [0.1, 0.15) is 6.04 Å².